The molecule has 7 heteroatoms. The Morgan fingerprint density at radius 1 is 1.12 bits per heavy atom. The highest BCUT2D eigenvalue weighted by Gasteiger charge is 2.30. The summed E-state index contributed by atoms with van der Waals surface area (Å²) in [6.45, 7) is 0. The van der Waals surface area contributed by atoms with Crippen molar-refractivity contribution >= 4 is 17.7 Å². The van der Waals surface area contributed by atoms with Gasteiger partial charge in [-0.3, -0.25) is 4.79 Å². The van der Waals surface area contributed by atoms with Crippen LogP contribution in [0.2, 0.25) is 0 Å². The third-order valence-electron chi connectivity index (χ3n) is 3.59. The van der Waals surface area contributed by atoms with Gasteiger partial charge >= 0.3 is 6.18 Å². The number of anilines is 1. The predicted octanol–water partition coefficient (Wildman–Crippen LogP) is 4.54. The fraction of sp³-hybridized carbons (Fsp3) is 0.0526. The van der Waals surface area contributed by atoms with E-state index in [4.69, 9.17) is 0 Å². The number of para-hydroxylation sites is 2. The summed E-state index contributed by atoms with van der Waals surface area (Å²) >= 11 is 0. The first-order valence-electron chi connectivity index (χ1n) is 7.67. The fourth-order valence-electron chi connectivity index (χ4n) is 2.37. The Labute approximate surface area is 147 Å². The van der Waals surface area contributed by atoms with Gasteiger partial charge in [0.25, 0.3) is 0 Å². The Kier molecular flexibility index (Phi) is 4.88. The highest BCUT2D eigenvalue weighted by Crippen LogP contribution is 2.29. The minimum absolute atomic E-state index is 0.290. The minimum Gasteiger partial charge on any atom is -0.321 e. The van der Waals surface area contributed by atoms with Gasteiger partial charge in [-0.25, -0.2) is 4.98 Å². The summed E-state index contributed by atoms with van der Waals surface area (Å²) in [5.41, 5.74) is 0.818. The maximum absolute atomic E-state index is 12.7. The number of carbonyl (C=O) groups is 1. The first kappa shape index (κ1) is 17.5. The summed E-state index contributed by atoms with van der Waals surface area (Å²) in [6.07, 6.45) is 3.07. The molecule has 26 heavy (non-hydrogen) atoms. The number of hydrogen-bond donors (Lipinski definition) is 1. The highest BCUT2D eigenvalue weighted by molar-refractivity contribution is 6.03. The molecular formula is C19H14F3N3O. The number of amides is 1. The van der Waals surface area contributed by atoms with Crippen LogP contribution in [0.1, 0.15) is 11.1 Å². The molecule has 0 atom stereocenters. The van der Waals surface area contributed by atoms with E-state index in [2.05, 4.69) is 10.3 Å². The van der Waals surface area contributed by atoms with Crippen LogP contribution in [0.5, 0.6) is 0 Å². The normalized spacial score (nSPS) is 11.7. The number of nitrogens with zero attached hydrogens (tertiary/aromatic N) is 2. The number of rotatable bonds is 4. The van der Waals surface area contributed by atoms with Crippen LogP contribution in [0.25, 0.3) is 11.8 Å². The summed E-state index contributed by atoms with van der Waals surface area (Å²) < 4.78 is 39.9. The van der Waals surface area contributed by atoms with E-state index in [1.165, 1.54) is 24.3 Å². The van der Waals surface area contributed by atoms with E-state index in [1.54, 1.807) is 35.4 Å². The Bertz CT molecular complexity index is 931. The SMILES string of the molecule is O=C(/C=C/c1cccc(C(F)(F)F)c1)Nc1ccccc1-n1ccnc1. The van der Waals surface area contributed by atoms with Gasteiger partial charge < -0.3 is 9.88 Å². The first-order valence-corrected chi connectivity index (χ1v) is 7.67. The van der Waals surface area contributed by atoms with Crippen molar-refractivity contribution < 1.29 is 18.0 Å². The number of nitrogens with one attached hydrogen (secondary N) is 1. The van der Waals surface area contributed by atoms with Gasteiger partial charge in [0.05, 0.1) is 23.3 Å². The van der Waals surface area contributed by atoms with Gasteiger partial charge in [-0.2, -0.15) is 13.2 Å². The molecule has 1 amide bonds. The van der Waals surface area contributed by atoms with Gasteiger partial charge in [0.1, 0.15) is 0 Å². The molecule has 0 aliphatic carbocycles. The van der Waals surface area contributed by atoms with Crippen molar-refractivity contribution in [1.29, 1.82) is 0 Å². The molecule has 0 radical (unpaired) electrons. The molecule has 0 aliphatic heterocycles. The summed E-state index contributed by atoms with van der Waals surface area (Å²) in [6, 6.07) is 11.9. The summed E-state index contributed by atoms with van der Waals surface area (Å²) in [7, 11) is 0. The minimum atomic E-state index is -4.42. The molecule has 0 bridgehead atoms. The number of carbonyl (C=O) groups excluding carboxylic acids is 1. The Morgan fingerprint density at radius 3 is 2.65 bits per heavy atom. The van der Waals surface area contributed by atoms with Gasteiger partial charge in [-0.05, 0) is 35.9 Å². The molecule has 2 aromatic carbocycles. The van der Waals surface area contributed by atoms with Crippen LogP contribution in [-0.4, -0.2) is 15.5 Å². The zero-order chi connectivity index (χ0) is 18.6. The number of imidazole rings is 1. The topological polar surface area (TPSA) is 46.9 Å². The van der Waals surface area contributed by atoms with Crippen LogP contribution in [-0.2, 0) is 11.0 Å². The Balaban J connectivity index is 1.75. The summed E-state index contributed by atoms with van der Waals surface area (Å²) in [4.78, 5) is 16.1. The van der Waals surface area contributed by atoms with E-state index in [0.29, 0.717) is 5.69 Å². The number of benzene rings is 2. The summed E-state index contributed by atoms with van der Waals surface area (Å²) in [5, 5.41) is 2.72. The van der Waals surface area contributed by atoms with Crippen LogP contribution >= 0.6 is 0 Å². The predicted molar refractivity (Wildman–Crippen MR) is 92.7 cm³/mol. The van der Waals surface area contributed by atoms with E-state index < -0.39 is 17.6 Å². The average molecular weight is 357 g/mol. The molecule has 132 valence electrons. The molecule has 3 aromatic rings. The molecule has 0 spiro atoms. The van der Waals surface area contributed by atoms with E-state index in [-0.39, 0.29) is 5.56 Å². The van der Waals surface area contributed by atoms with Crippen molar-refractivity contribution in [3.63, 3.8) is 0 Å². The molecule has 0 saturated heterocycles. The number of halogens is 3. The lowest BCUT2D eigenvalue weighted by Gasteiger charge is -2.10. The molecule has 0 saturated carbocycles. The lowest BCUT2D eigenvalue weighted by atomic mass is 10.1. The maximum Gasteiger partial charge on any atom is 0.416 e. The molecule has 1 N–H and O–H groups in total. The van der Waals surface area contributed by atoms with Crippen molar-refractivity contribution in [3.05, 3.63) is 84.5 Å². The lowest BCUT2D eigenvalue weighted by molar-refractivity contribution is -0.137. The smallest absolute Gasteiger partial charge is 0.321 e. The second kappa shape index (κ2) is 7.26. The summed E-state index contributed by atoms with van der Waals surface area (Å²) in [5.74, 6) is -0.449. The van der Waals surface area contributed by atoms with E-state index in [0.717, 1.165) is 17.8 Å². The van der Waals surface area contributed by atoms with Crippen LogP contribution in [0, 0.1) is 0 Å². The van der Waals surface area contributed by atoms with Gasteiger partial charge in [0.15, 0.2) is 0 Å². The van der Waals surface area contributed by atoms with Crippen molar-refractivity contribution in [2.45, 2.75) is 6.18 Å². The zero-order valence-electron chi connectivity index (χ0n) is 13.4. The van der Waals surface area contributed by atoms with Gasteiger partial charge in [0, 0.05) is 18.5 Å². The van der Waals surface area contributed by atoms with E-state index in [1.807, 2.05) is 12.1 Å². The third kappa shape index (κ3) is 4.18. The van der Waals surface area contributed by atoms with Crippen LogP contribution in [0.4, 0.5) is 18.9 Å². The van der Waals surface area contributed by atoms with Crippen molar-refractivity contribution in [2.75, 3.05) is 5.32 Å². The Morgan fingerprint density at radius 2 is 1.92 bits per heavy atom. The maximum atomic E-state index is 12.7. The van der Waals surface area contributed by atoms with E-state index in [9.17, 15) is 18.0 Å². The quantitative estimate of drug-likeness (QED) is 0.697. The fourth-order valence-corrected chi connectivity index (χ4v) is 2.37. The second-order valence-electron chi connectivity index (χ2n) is 5.43. The molecule has 1 aromatic heterocycles. The first-order chi connectivity index (χ1) is 12.4. The number of alkyl halides is 3. The number of aromatic nitrogens is 2. The van der Waals surface area contributed by atoms with Gasteiger partial charge in [0.2, 0.25) is 5.91 Å². The van der Waals surface area contributed by atoms with Crippen LogP contribution in [0.15, 0.2) is 73.3 Å². The highest BCUT2D eigenvalue weighted by atomic mass is 19.4. The molecule has 0 unspecified atom stereocenters. The van der Waals surface area contributed by atoms with Crippen molar-refractivity contribution in [1.82, 2.24) is 9.55 Å². The molecular weight excluding hydrogens is 343 g/mol. The largest absolute Gasteiger partial charge is 0.416 e. The third-order valence-corrected chi connectivity index (χ3v) is 3.59. The molecule has 1 heterocycles. The van der Waals surface area contributed by atoms with Crippen LogP contribution in [0.3, 0.4) is 0 Å². The number of hydrogen-bond acceptors (Lipinski definition) is 2. The van der Waals surface area contributed by atoms with Gasteiger partial charge in [-0.15, -0.1) is 0 Å². The monoisotopic (exact) mass is 357 g/mol. The molecule has 3 rings (SSSR count). The Hall–Kier alpha value is -3.35. The molecule has 4 nitrogen and oxygen atoms in total. The van der Waals surface area contributed by atoms with Crippen LogP contribution < -0.4 is 5.32 Å². The van der Waals surface area contributed by atoms with E-state index >= 15 is 0 Å². The lowest BCUT2D eigenvalue weighted by Crippen LogP contribution is -2.10. The molecule has 0 fully saturated rings. The van der Waals surface area contributed by atoms with Crippen molar-refractivity contribution in [2.24, 2.45) is 0 Å². The molecule has 0 aliphatic rings. The van der Waals surface area contributed by atoms with Crippen molar-refractivity contribution in [3.8, 4) is 5.69 Å². The second-order valence-corrected chi connectivity index (χ2v) is 5.43. The average Bonchev–Trinajstić information content (AvgIpc) is 3.14. The van der Waals surface area contributed by atoms with Gasteiger partial charge in [-0.1, -0.05) is 24.3 Å². The standard InChI is InChI=1S/C19H14F3N3O/c20-19(21,22)15-5-3-4-14(12-15)8-9-18(26)24-16-6-1-2-7-17(16)25-11-10-23-13-25/h1-13H,(H,24,26)/b9-8+. The zero-order valence-corrected chi connectivity index (χ0v) is 13.4.